The minimum atomic E-state index is -0.524. The van der Waals surface area contributed by atoms with Gasteiger partial charge in [0.25, 0.3) is 0 Å². The number of fused-ring (bicyclic) bond motifs is 1. The molecule has 0 radical (unpaired) electrons. The zero-order valence-electron chi connectivity index (χ0n) is 13.8. The molecule has 0 saturated carbocycles. The van der Waals surface area contributed by atoms with E-state index in [1.807, 2.05) is 19.1 Å². The third-order valence-corrected chi connectivity index (χ3v) is 4.36. The predicted octanol–water partition coefficient (Wildman–Crippen LogP) is 4.05. The van der Waals surface area contributed by atoms with E-state index in [0.717, 1.165) is 23.4 Å². The number of primary amides is 1. The number of anilines is 1. The van der Waals surface area contributed by atoms with Gasteiger partial charge in [-0.25, -0.2) is 0 Å². The van der Waals surface area contributed by atoms with Gasteiger partial charge < -0.3 is 11.1 Å². The Morgan fingerprint density at radius 3 is 2.60 bits per heavy atom. The van der Waals surface area contributed by atoms with Crippen LogP contribution in [0.5, 0.6) is 0 Å². The van der Waals surface area contributed by atoms with Crippen molar-refractivity contribution in [2.45, 2.75) is 25.7 Å². The van der Waals surface area contributed by atoms with Crippen molar-refractivity contribution in [3.8, 4) is 0 Å². The maximum absolute atomic E-state index is 12.5. The number of carbonyl (C=O) groups excluding carboxylic acids is 2. The number of hydrogen-bond donors (Lipinski definition) is 2. The van der Waals surface area contributed by atoms with Crippen molar-refractivity contribution in [1.29, 1.82) is 0 Å². The first-order valence-electron chi connectivity index (χ1n) is 8.07. The van der Waals surface area contributed by atoms with E-state index in [2.05, 4.69) is 10.3 Å². The average Bonchev–Trinajstić information content (AvgIpc) is 2.91. The molecule has 5 nitrogen and oxygen atoms in total. The molecule has 2 amide bonds. The van der Waals surface area contributed by atoms with E-state index in [4.69, 9.17) is 17.3 Å². The molecule has 25 heavy (non-hydrogen) atoms. The fourth-order valence-corrected chi connectivity index (χ4v) is 3.07. The Balaban J connectivity index is 2.02. The molecule has 2 aromatic rings. The lowest BCUT2D eigenvalue weighted by molar-refractivity contribution is -0.115. The van der Waals surface area contributed by atoms with Gasteiger partial charge in [-0.1, -0.05) is 31.0 Å². The Labute approximate surface area is 150 Å². The van der Waals surface area contributed by atoms with Crippen LogP contribution in [0, 0.1) is 0 Å². The molecule has 1 unspecified atom stereocenters. The second-order valence-electron chi connectivity index (χ2n) is 5.92. The normalized spacial score (nSPS) is 16.5. The van der Waals surface area contributed by atoms with E-state index in [9.17, 15) is 9.59 Å². The molecule has 0 saturated heterocycles. The van der Waals surface area contributed by atoms with Gasteiger partial charge in [0.2, 0.25) is 11.8 Å². The molecule has 1 aliphatic heterocycles. The van der Waals surface area contributed by atoms with Gasteiger partial charge in [-0.3, -0.25) is 14.6 Å². The number of hydrogen-bond acceptors (Lipinski definition) is 3. The molecule has 1 atom stereocenters. The number of aliphatic imine (C=N–C) groups is 1. The lowest BCUT2D eigenvalue weighted by Gasteiger charge is -2.13. The Hall–Kier alpha value is -2.66. The van der Waals surface area contributed by atoms with Gasteiger partial charge in [0, 0.05) is 22.0 Å². The first kappa shape index (κ1) is 17.2. The van der Waals surface area contributed by atoms with Crippen molar-refractivity contribution in [2.24, 2.45) is 10.7 Å². The molecule has 1 heterocycles. The second kappa shape index (κ2) is 7.07. The zero-order valence-corrected chi connectivity index (χ0v) is 14.5. The van der Waals surface area contributed by atoms with E-state index in [1.54, 1.807) is 30.3 Å². The van der Waals surface area contributed by atoms with E-state index < -0.39 is 11.8 Å². The summed E-state index contributed by atoms with van der Waals surface area (Å²) in [5.41, 5.74) is 8.65. The lowest BCUT2D eigenvalue weighted by atomic mass is 9.92. The molecular formula is C19H18ClN3O2. The average molecular weight is 356 g/mol. The van der Waals surface area contributed by atoms with Gasteiger partial charge in [0.05, 0.1) is 5.69 Å². The Kier molecular flexibility index (Phi) is 4.86. The smallest absolute Gasteiger partial charge is 0.248 e. The number of amides is 2. The minimum absolute atomic E-state index is 0.141. The molecule has 0 aromatic heterocycles. The number of benzene rings is 2. The first-order valence-corrected chi connectivity index (χ1v) is 8.45. The summed E-state index contributed by atoms with van der Waals surface area (Å²) < 4.78 is 0. The summed E-state index contributed by atoms with van der Waals surface area (Å²) in [6.45, 7) is 2.04. The topological polar surface area (TPSA) is 84.6 Å². The molecule has 2 aromatic carbocycles. The molecule has 128 valence electrons. The summed E-state index contributed by atoms with van der Waals surface area (Å²) in [5.74, 6) is -1.13. The second-order valence-corrected chi connectivity index (χ2v) is 6.35. The molecule has 3 N–H and O–H groups in total. The van der Waals surface area contributed by atoms with Crippen molar-refractivity contribution < 1.29 is 9.59 Å². The van der Waals surface area contributed by atoms with Crippen LogP contribution in [0.4, 0.5) is 11.4 Å². The number of nitrogens with zero attached hydrogens (tertiary/aromatic N) is 1. The Morgan fingerprint density at radius 1 is 1.24 bits per heavy atom. The number of carbonyl (C=O) groups is 2. The van der Waals surface area contributed by atoms with E-state index in [1.165, 1.54) is 0 Å². The van der Waals surface area contributed by atoms with Gasteiger partial charge in [-0.2, -0.15) is 0 Å². The molecule has 0 spiro atoms. The van der Waals surface area contributed by atoms with E-state index >= 15 is 0 Å². The van der Waals surface area contributed by atoms with Gasteiger partial charge in [0.1, 0.15) is 5.92 Å². The maximum atomic E-state index is 12.5. The van der Waals surface area contributed by atoms with Crippen LogP contribution >= 0.6 is 11.6 Å². The summed E-state index contributed by atoms with van der Waals surface area (Å²) in [7, 11) is 0. The lowest BCUT2D eigenvalue weighted by Crippen LogP contribution is -2.20. The molecule has 1 aliphatic rings. The largest absolute Gasteiger partial charge is 0.366 e. The first-order chi connectivity index (χ1) is 12.0. The van der Waals surface area contributed by atoms with Crippen molar-refractivity contribution in [3.05, 3.63) is 58.6 Å². The van der Waals surface area contributed by atoms with Crippen LogP contribution in [0.1, 0.15) is 41.6 Å². The van der Waals surface area contributed by atoms with Gasteiger partial charge in [0.15, 0.2) is 0 Å². The van der Waals surface area contributed by atoms with Crippen LogP contribution in [0.15, 0.2) is 47.5 Å². The van der Waals surface area contributed by atoms with Crippen LogP contribution in [-0.2, 0) is 4.79 Å². The molecule has 6 heteroatoms. The quantitative estimate of drug-likeness (QED) is 0.793. The summed E-state index contributed by atoms with van der Waals surface area (Å²) >= 11 is 5.92. The summed E-state index contributed by atoms with van der Waals surface area (Å²) in [5, 5.41) is 3.47. The van der Waals surface area contributed by atoms with Crippen LogP contribution in [0.2, 0.25) is 5.02 Å². The minimum Gasteiger partial charge on any atom is -0.366 e. The highest BCUT2D eigenvalue weighted by atomic mass is 35.5. The Morgan fingerprint density at radius 2 is 1.96 bits per heavy atom. The summed E-state index contributed by atoms with van der Waals surface area (Å²) in [6, 6.07) is 12.2. The van der Waals surface area contributed by atoms with Gasteiger partial charge in [-0.05, 0) is 48.4 Å². The third-order valence-electron chi connectivity index (χ3n) is 4.11. The SMILES string of the molecule is CCCC(=Nc1ccc(Cl)cc1)C1C(=O)Nc2cc(C(N)=O)ccc21. The molecular weight excluding hydrogens is 338 g/mol. The number of nitrogens with two attached hydrogens (primary N) is 1. The van der Waals surface area contributed by atoms with Crippen LogP contribution in [0.3, 0.4) is 0 Å². The van der Waals surface area contributed by atoms with Crippen molar-refractivity contribution in [3.63, 3.8) is 0 Å². The van der Waals surface area contributed by atoms with E-state index in [0.29, 0.717) is 22.7 Å². The zero-order chi connectivity index (χ0) is 18.0. The number of rotatable bonds is 5. The Bertz CT molecular complexity index is 859. The standard InChI is InChI=1S/C19H18ClN3O2/c1-2-3-15(22-13-7-5-12(20)6-8-13)17-14-9-4-11(18(21)24)10-16(14)23-19(17)25/h4-10,17H,2-3H2,1H3,(H2,21,24)(H,23,25). The monoisotopic (exact) mass is 355 g/mol. The molecule has 0 bridgehead atoms. The van der Waals surface area contributed by atoms with Crippen LogP contribution in [0.25, 0.3) is 0 Å². The highest BCUT2D eigenvalue weighted by Crippen LogP contribution is 2.36. The van der Waals surface area contributed by atoms with Crippen molar-refractivity contribution in [2.75, 3.05) is 5.32 Å². The van der Waals surface area contributed by atoms with Crippen molar-refractivity contribution >= 4 is 40.5 Å². The number of nitrogens with one attached hydrogen (secondary N) is 1. The van der Waals surface area contributed by atoms with Crippen LogP contribution in [-0.4, -0.2) is 17.5 Å². The third kappa shape index (κ3) is 3.56. The highest BCUT2D eigenvalue weighted by Gasteiger charge is 2.34. The van der Waals surface area contributed by atoms with Gasteiger partial charge in [-0.15, -0.1) is 0 Å². The van der Waals surface area contributed by atoms with E-state index in [-0.39, 0.29) is 5.91 Å². The summed E-state index contributed by atoms with van der Waals surface area (Å²) in [4.78, 5) is 28.6. The molecule has 0 fully saturated rings. The molecule has 0 aliphatic carbocycles. The van der Waals surface area contributed by atoms with Crippen LogP contribution < -0.4 is 11.1 Å². The molecule has 3 rings (SSSR count). The fraction of sp³-hybridized carbons (Fsp3) is 0.211. The maximum Gasteiger partial charge on any atom is 0.248 e. The highest BCUT2D eigenvalue weighted by molar-refractivity contribution is 6.30. The predicted molar refractivity (Wildman–Crippen MR) is 99.8 cm³/mol. The number of halogens is 1. The van der Waals surface area contributed by atoms with Gasteiger partial charge >= 0.3 is 0 Å². The summed E-state index contributed by atoms with van der Waals surface area (Å²) in [6.07, 6.45) is 1.56. The fourth-order valence-electron chi connectivity index (χ4n) is 2.95. The van der Waals surface area contributed by atoms with Crippen molar-refractivity contribution in [1.82, 2.24) is 0 Å².